The van der Waals surface area contributed by atoms with Gasteiger partial charge in [-0.15, -0.1) is 0 Å². The van der Waals surface area contributed by atoms with Crippen LogP contribution in [-0.2, 0) is 24.2 Å². The number of hydrogen-bond acceptors (Lipinski definition) is 4. The van der Waals surface area contributed by atoms with E-state index < -0.39 is 0 Å². The third kappa shape index (κ3) is 2.86. The predicted molar refractivity (Wildman–Crippen MR) is 104 cm³/mol. The number of benzene rings is 2. The number of anilines is 1. The van der Waals surface area contributed by atoms with Gasteiger partial charge in [0.15, 0.2) is 5.76 Å². The van der Waals surface area contributed by atoms with Gasteiger partial charge in [0.05, 0.1) is 13.0 Å². The number of carbonyl (C=O) groups excluding carboxylic acids is 2. The highest BCUT2D eigenvalue weighted by Crippen LogP contribution is 2.32. The highest BCUT2D eigenvalue weighted by atomic mass is 35.5. The molecule has 0 bridgehead atoms. The zero-order valence-electron chi connectivity index (χ0n) is 14.9. The van der Waals surface area contributed by atoms with Crippen LogP contribution in [0.4, 0.5) is 5.69 Å². The van der Waals surface area contributed by atoms with Gasteiger partial charge >= 0.3 is 0 Å². The summed E-state index contributed by atoms with van der Waals surface area (Å²) in [6.07, 6.45) is 0.988. The first kappa shape index (κ1) is 17.0. The molecule has 1 N–H and O–H groups in total. The molecule has 7 heteroatoms. The molecule has 140 valence electrons. The standard InChI is InChI=1S/C21H16ClN3O3/c22-15-4-1-12(2-5-15)20-16-7-8-25(11-18(16)24-28-20)21(27)13-3-6-17-14(9-13)10-19(26)23-17/h1-6,9H,7-8,10-11H2,(H,23,26). The molecule has 2 aromatic carbocycles. The fraction of sp³-hybridized carbons (Fsp3) is 0.190. The molecule has 1 aromatic heterocycles. The molecule has 6 nitrogen and oxygen atoms in total. The first-order valence-corrected chi connectivity index (χ1v) is 9.42. The van der Waals surface area contributed by atoms with Crippen LogP contribution in [-0.4, -0.2) is 28.4 Å². The molecule has 0 saturated heterocycles. The number of nitrogens with zero attached hydrogens (tertiary/aromatic N) is 2. The minimum atomic E-state index is -0.0659. The van der Waals surface area contributed by atoms with Crippen molar-refractivity contribution in [2.45, 2.75) is 19.4 Å². The molecule has 0 aliphatic carbocycles. The van der Waals surface area contributed by atoms with Crippen LogP contribution in [0, 0.1) is 0 Å². The van der Waals surface area contributed by atoms with E-state index in [1.54, 1.807) is 23.1 Å². The lowest BCUT2D eigenvalue weighted by atomic mass is 9.99. The molecule has 0 atom stereocenters. The number of nitrogens with one attached hydrogen (secondary N) is 1. The Morgan fingerprint density at radius 3 is 2.82 bits per heavy atom. The smallest absolute Gasteiger partial charge is 0.254 e. The van der Waals surface area contributed by atoms with Gasteiger partial charge in [-0.05, 0) is 54.4 Å². The van der Waals surface area contributed by atoms with E-state index in [4.69, 9.17) is 16.1 Å². The summed E-state index contributed by atoms with van der Waals surface area (Å²) < 4.78 is 5.57. The average Bonchev–Trinajstić information content (AvgIpc) is 3.29. The number of halogens is 1. The summed E-state index contributed by atoms with van der Waals surface area (Å²) in [6.45, 7) is 0.988. The highest BCUT2D eigenvalue weighted by Gasteiger charge is 2.28. The van der Waals surface area contributed by atoms with Crippen LogP contribution < -0.4 is 5.32 Å². The van der Waals surface area contributed by atoms with Crippen LogP contribution in [0.5, 0.6) is 0 Å². The van der Waals surface area contributed by atoms with Crippen molar-refractivity contribution in [3.63, 3.8) is 0 Å². The van der Waals surface area contributed by atoms with Crippen LogP contribution >= 0.6 is 11.6 Å². The summed E-state index contributed by atoms with van der Waals surface area (Å²) in [5.74, 6) is 0.629. The van der Waals surface area contributed by atoms with Gasteiger partial charge < -0.3 is 14.7 Å². The number of aromatic nitrogens is 1. The molecule has 5 rings (SSSR count). The number of amides is 2. The first-order chi connectivity index (χ1) is 13.6. The van der Waals surface area contributed by atoms with Crippen LogP contribution in [0.15, 0.2) is 47.0 Å². The zero-order chi connectivity index (χ0) is 19.3. The molecule has 0 fully saturated rings. The fourth-order valence-corrected chi connectivity index (χ4v) is 3.90. The Kier molecular flexibility index (Phi) is 3.94. The van der Waals surface area contributed by atoms with Gasteiger partial charge in [-0.2, -0.15) is 0 Å². The van der Waals surface area contributed by atoms with Crippen LogP contribution in [0.1, 0.15) is 27.2 Å². The minimum absolute atomic E-state index is 0.0421. The molecular formula is C21H16ClN3O3. The van der Waals surface area contributed by atoms with E-state index in [-0.39, 0.29) is 11.8 Å². The van der Waals surface area contributed by atoms with Gasteiger partial charge in [0, 0.05) is 33.9 Å². The zero-order valence-corrected chi connectivity index (χ0v) is 15.6. The summed E-state index contributed by atoms with van der Waals surface area (Å²) >= 11 is 5.96. The quantitative estimate of drug-likeness (QED) is 0.720. The number of rotatable bonds is 2. The summed E-state index contributed by atoms with van der Waals surface area (Å²) in [7, 11) is 0. The Morgan fingerprint density at radius 2 is 2.00 bits per heavy atom. The van der Waals surface area contributed by atoms with Crippen molar-refractivity contribution in [2.75, 3.05) is 11.9 Å². The first-order valence-electron chi connectivity index (χ1n) is 9.04. The maximum Gasteiger partial charge on any atom is 0.254 e. The summed E-state index contributed by atoms with van der Waals surface area (Å²) in [5, 5.41) is 7.64. The van der Waals surface area contributed by atoms with Crippen LogP contribution in [0.3, 0.4) is 0 Å². The van der Waals surface area contributed by atoms with E-state index in [2.05, 4.69) is 10.5 Å². The van der Waals surface area contributed by atoms with Crippen molar-refractivity contribution in [2.24, 2.45) is 0 Å². The van der Waals surface area contributed by atoms with Gasteiger partial charge in [-0.1, -0.05) is 16.8 Å². The molecule has 2 aliphatic rings. The molecule has 0 radical (unpaired) electrons. The van der Waals surface area contributed by atoms with Crippen molar-refractivity contribution in [3.05, 3.63) is 69.9 Å². The van der Waals surface area contributed by atoms with E-state index in [0.29, 0.717) is 36.5 Å². The van der Waals surface area contributed by atoms with Gasteiger partial charge in [0.25, 0.3) is 5.91 Å². The molecule has 2 amide bonds. The Hall–Kier alpha value is -3.12. The molecular weight excluding hydrogens is 378 g/mol. The van der Waals surface area contributed by atoms with Crippen molar-refractivity contribution >= 4 is 29.1 Å². The van der Waals surface area contributed by atoms with E-state index in [1.807, 2.05) is 24.3 Å². The average molecular weight is 394 g/mol. The molecule has 3 aromatic rings. The second-order valence-corrected chi connectivity index (χ2v) is 7.45. The second kappa shape index (κ2) is 6.49. The van der Waals surface area contributed by atoms with Crippen LogP contribution in [0.2, 0.25) is 5.02 Å². The van der Waals surface area contributed by atoms with Gasteiger partial charge in [0.1, 0.15) is 5.69 Å². The summed E-state index contributed by atoms with van der Waals surface area (Å²) in [4.78, 5) is 26.2. The maximum absolute atomic E-state index is 13.0. The topological polar surface area (TPSA) is 75.4 Å². The lowest BCUT2D eigenvalue weighted by Crippen LogP contribution is -2.36. The SMILES string of the molecule is O=C1Cc2cc(C(=O)N3CCc4c(noc4-c4ccc(Cl)cc4)C3)ccc2N1. The van der Waals surface area contributed by atoms with Crippen molar-refractivity contribution in [1.82, 2.24) is 10.1 Å². The van der Waals surface area contributed by atoms with Crippen molar-refractivity contribution in [1.29, 1.82) is 0 Å². The Labute approximate surface area is 166 Å². The lowest BCUT2D eigenvalue weighted by molar-refractivity contribution is -0.115. The monoisotopic (exact) mass is 393 g/mol. The van der Waals surface area contributed by atoms with Gasteiger partial charge in [-0.3, -0.25) is 9.59 Å². The third-order valence-electron chi connectivity index (χ3n) is 5.21. The Balaban J connectivity index is 1.38. The number of hydrogen-bond donors (Lipinski definition) is 1. The Bertz CT molecular complexity index is 1100. The Morgan fingerprint density at radius 1 is 1.18 bits per heavy atom. The molecule has 28 heavy (non-hydrogen) atoms. The van der Waals surface area contributed by atoms with E-state index in [1.165, 1.54) is 0 Å². The van der Waals surface area contributed by atoms with Crippen molar-refractivity contribution < 1.29 is 14.1 Å². The summed E-state index contributed by atoms with van der Waals surface area (Å²) in [6, 6.07) is 12.8. The van der Waals surface area contributed by atoms with E-state index >= 15 is 0 Å². The molecule has 3 heterocycles. The molecule has 0 unspecified atom stereocenters. The predicted octanol–water partition coefficient (Wildman–Crippen LogP) is 3.69. The highest BCUT2D eigenvalue weighted by molar-refractivity contribution is 6.30. The van der Waals surface area contributed by atoms with Gasteiger partial charge in [0.2, 0.25) is 5.91 Å². The van der Waals surface area contributed by atoms with Crippen LogP contribution in [0.25, 0.3) is 11.3 Å². The van der Waals surface area contributed by atoms with Gasteiger partial charge in [-0.25, -0.2) is 0 Å². The number of carbonyl (C=O) groups is 2. The molecule has 0 spiro atoms. The fourth-order valence-electron chi connectivity index (χ4n) is 3.78. The van der Waals surface area contributed by atoms with E-state index in [9.17, 15) is 9.59 Å². The van der Waals surface area contributed by atoms with E-state index in [0.717, 1.165) is 33.8 Å². The largest absolute Gasteiger partial charge is 0.356 e. The van der Waals surface area contributed by atoms with Crippen molar-refractivity contribution in [3.8, 4) is 11.3 Å². The minimum Gasteiger partial charge on any atom is -0.356 e. The second-order valence-electron chi connectivity index (χ2n) is 7.02. The third-order valence-corrected chi connectivity index (χ3v) is 5.46. The number of fused-ring (bicyclic) bond motifs is 2. The molecule has 0 saturated carbocycles. The summed E-state index contributed by atoms with van der Waals surface area (Å²) in [5.41, 5.74) is 4.97. The molecule has 2 aliphatic heterocycles. The maximum atomic E-state index is 13.0. The normalized spacial score (nSPS) is 15.2. The lowest BCUT2D eigenvalue weighted by Gasteiger charge is -2.26.